The predicted octanol–water partition coefficient (Wildman–Crippen LogP) is 0.314. The standard InChI is InChI=1S/C23H26N6O3/c30-20(26-13-11-25(12-14-26)18-7-3-1-4-8-18)17-29-22(32)21(31)28-16-15-27(23(28)24-29)19-9-5-2-6-10-19/h1-10,23-24H,11-17H2. The fourth-order valence-electron chi connectivity index (χ4n) is 4.51. The molecule has 5 rings (SSSR count). The number of carbonyl (C=O) groups excluding carboxylic acids is 3. The number of hydrogen-bond acceptors (Lipinski definition) is 6. The summed E-state index contributed by atoms with van der Waals surface area (Å²) < 4.78 is 0. The molecule has 9 heteroatoms. The Hall–Kier alpha value is -3.59. The summed E-state index contributed by atoms with van der Waals surface area (Å²) in [6.07, 6.45) is -0.481. The summed E-state index contributed by atoms with van der Waals surface area (Å²) in [6, 6.07) is 19.8. The van der Waals surface area contributed by atoms with Crippen LogP contribution in [0, 0.1) is 0 Å². The van der Waals surface area contributed by atoms with Crippen LogP contribution in [-0.2, 0) is 14.4 Å². The lowest BCUT2D eigenvalue weighted by molar-refractivity contribution is -0.164. The fraction of sp³-hybridized carbons (Fsp3) is 0.348. The van der Waals surface area contributed by atoms with E-state index in [1.54, 1.807) is 4.90 Å². The zero-order chi connectivity index (χ0) is 22.1. The second kappa shape index (κ2) is 8.51. The zero-order valence-electron chi connectivity index (χ0n) is 17.8. The molecular weight excluding hydrogens is 408 g/mol. The first-order valence-electron chi connectivity index (χ1n) is 10.9. The number of hydrogen-bond donors (Lipinski definition) is 1. The summed E-state index contributed by atoms with van der Waals surface area (Å²) in [5, 5.41) is 1.18. The lowest BCUT2D eigenvalue weighted by atomic mass is 10.2. The van der Waals surface area contributed by atoms with Gasteiger partial charge in [0.2, 0.25) is 5.91 Å². The number of amides is 3. The highest BCUT2D eigenvalue weighted by atomic mass is 16.2. The first kappa shape index (κ1) is 20.3. The van der Waals surface area contributed by atoms with E-state index in [-0.39, 0.29) is 12.5 Å². The van der Waals surface area contributed by atoms with Gasteiger partial charge in [-0.2, -0.15) is 5.43 Å². The molecule has 3 saturated heterocycles. The highest BCUT2D eigenvalue weighted by Crippen LogP contribution is 2.25. The summed E-state index contributed by atoms with van der Waals surface area (Å²) >= 11 is 0. The van der Waals surface area contributed by atoms with Gasteiger partial charge in [0.05, 0.1) is 0 Å². The van der Waals surface area contributed by atoms with Crippen LogP contribution in [0.4, 0.5) is 11.4 Å². The number of hydrazine groups is 1. The highest BCUT2D eigenvalue weighted by Gasteiger charge is 2.46. The van der Waals surface area contributed by atoms with Gasteiger partial charge in [-0.15, -0.1) is 0 Å². The minimum Gasteiger partial charge on any atom is -0.368 e. The summed E-state index contributed by atoms with van der Waals surface area (Å²) in [7, 11) is 0. The van der Waals surface area contributed by atoms with Crippen molar-refractivity contribution in [3.8, 4) is 0 Å². The molecule has 0 radical (unpaired) electrons. The van der Waals surface area contributed by atoms with E-state index in [1.165, 1.54) is 9.91 Å². The molecule has 2 aromatic carbocycles. The molecule has 0 bridgehead atoms. The maximum absolute atomic E-state index is 12.9. The monoisotopic (exact) mass is 434 g/mol. The van der Waals surface area contributed by atoms with Crippen LogP contribution in [0.3, 0.4) is 0 Å². The van der Waals surface area contributed by atoms with E-state index in [4.69, 9.17) is 0 Å². The largest absolute Gasteiger partial charge is 0.368 e. The van der Waals surface area contributed by atoms with Gasteiger partial charge in [0.25, 0.3) is 0 Å². The average molecular weight is 435 g/mol. The molecule has 0 aromatic heterocycles. The topological polar surface area (TPSA) is 79.4 Å². The molecule has 1 unspecified atom stereocenters. The Bertz CT molecular complexity index is 993. The van der Waals surface area contributed by atoms with Crippen LogP contribution in [0.2, 0.25) is 0 Å². The number of nitrogens with zero attached hydrogens (tertiary/aromatic N) is 5. The zero-order valence-corrected chi connectivity index (χ0v) is 17.8. The molecule has 0 saturated carbocycles. The van der Waals surface area contributed by atoms with Crippen molar-refractivity contribution in [3.63, 3.8) is 0 Å². The number of para-hydroxylation sites is 2. The molecule has 9 nitrogen and oxygen atoms in total. The number of fused-ring (bicyclic) bond motifs is 1. The summed E-state index contributed by atoms with van der Waals surface area (Å²) in [5.41, 5.74) is 5.20. The number of carbonyl (C=O) groups is 3. The van der Waals surface area contributed by atoms with Crippen LogP contribution in [0.25, 0.3) is 0 Å². The molecule has 3 amide bonds. The van der Waals surface area contributed by atoms with Gasteiger partial charge < -0.3 is 14.7 Å². The van der Waals surface area contributed by atoms with E-state index in [0.29, 0.717) is 26.2 Å². The van der Waals surface area contributed by atoms with Crippen LogP contribution in [0.5, 0.6) is 0 Å². The number of nitrogens with one attached hydrogen (secondary N) is 1. The molecule has 3 heterocycles. The third kappa shape index (κ3) is 3.75. The second-order valence-corrected chi connectivity index (χ2v) is 8.12. The van der Waals surface area contributed by atoms with Crippen LogP contribution in [0.1, 0.15) is 0 Å². The Labute approximate surface area is 186 Å². The van der Waals surface area contributed by atoms with Gasteiger partial charge in [-0.1, -0.05) is 36.4 Å². The molecule has 3 fully saturated rings. The Morgan fingerprint density at radius 2 is 1.34 bits per heavy atom. The molecule has 3 aliphatic heterocycles. The number of piperazine rings is 1. The molecular formula is C23H26N6O3. The first-order valence-corrected chi connectivity index (χ1v) is 10.9. The molecule has 2 aromatic rings. The van der Waals surface area contributed by atoms with Crippen molar-refractivity contribution in [1.82, 2.24) is 20.2 Å². The molecule has 0 spiro atoms. The lowest BCUT2D eigenvalue weighted by Gasteiger charge is -2.41. The van der Waals surface area contributed by atoms with Gasteiger partial charge in [0, 0.05) is 50.6 Å². The third-order valence-electron chi connectivity index (χ3n) is 6.27. The van der Waals surface area contributed by atoms with Gasteiger partial charge in [-0.3, -0.25) is 24.3 Å². The SMILES string of the molecule is O=C(CN1NC2N(CCN2c2ccccc2)C(=O)C1=O)N1CCN(c2ccccc2)CC1. The van der Waals surface area contributed by atoms with Crippen LogP contribution >= 0.6 is 0 Å². The van der Waals surface area contributed by atoms with Crippen molar-refractivity contribution in [1.29, 1.82) is 0 Å². The summed E-state index contributed by atoms with van der Waals surface area (Å²) in [4.78, 5) is 45.8. The summed E-state index contributed by atoms with van der Waals surface area (Å²) in [5.74, 6) is -1.43. The number of benzene rings is 2. The predicted molar refractivity (Wildman–Crippen MR) is 119 cm³/mol. The Morgan fingerprint density at radius 1 is 0.750 bits per heavy atom. The molecule has 166 valence electrons. The normalized spacial score (nSPS) is 21.2. The maximum Gasteiger partial charge on any atom is 0.326 e. The molecule has 1 N–H and O–H groups in total. The van der Waals surface area contributed by atoms with Gasteiger partial charge in [-0.05, 0) is 24.3 Å². The Morgan fingerprint density at radius 3 is 2.00 bits per heavy atom. The first-order chi connectivity index (χ1) is 15.6. The van der Waals surface area contributed by atoms with Crippen LogP contribution in [-0.4, -0.2) is 84.6 Å². The minimum absolute atomic E-state index is 0.163. The Kier molecular flexibility index (Phi) is 5.40. The van der Waals surface area contributed by atoms with Gasteiger partial charge in [-0.25, -0.2) is 0 Å². The highest BCUT2D eigenvalue weighted by molar-refractivity contribution is 6.35. The summed E-state index contributed by atoms with van der Waals surface area (Å²) in [6.45, 7) is 3.53. The van der Waals surface area contributed by atoms with Crippen molar-refractivity contribution in [2.45, 2.75) is 6.29 Å². The number of anilines is 2. The van der Waals surface area contributed by atoms with E-state index in [1.807, 2.05) is 53.4 Å². The van der Waals surface area contributed by atoms with Crippen molar-refractivity contribution in [3.05, 3.63) is 60.7 Å². The van der Waals surface area contributed by atoms with Gasteiger partial charge >= 0.3 is 11.8 Å². The number of rotatable bonds is 4. The van der Waals surface area contributed by atoms with Crippen molar-refractivity contribution in [2.75, 3.05) is 55.6 Å². The smallest absolute Gasteiger partial charge is 0.326 e. The quantitative estimate of drug-likeness (QED) is 0.698. The molecule has 1 atom stereocenters. The van der Waals surface area contributed by atoms with E-state index >= 15 is 0 Å². The van der Waals surface area contributed by atoms with E-state index in [9.17, 15) is 14.4 Å². The van der Waals surface area contributed by atoms with Gasteiger partial charge in [0.15, 0.2) is 6.29 Å². The van der Waals surface area contributed by atoms with Crippen LogP contribution < -0.4 is 15.2 Å². The third-order valence-corrected chi connectivity index (χ3v) is 6.27. The fourth-order valence-corrected chi connectivity index (χ4v) is 4.51. The van der Waals surface area contributed by atoms with Crippen LogP contribution in [0.15, 0.2) is 60.7 Å². The van der Waals surface area contributed by atoms with Crippen molar-refractivity contribution >= 4 is 29.1 Å². The van der Waals surface area contributed by atoms with E-state index < -0.39 is 18.1 Å². The minimum atomic E-state index is -0.688. The maximum atomic E-state index is 12.9. The Balaban J connectivity index is 1.22. The van der Waals surface area contributed by atoms with E-state index in [0.717, 1.165) is 24.5 Å². The van der Waals surface area contributed by atoms with Crippen molar-refractivity contribution < 1.29 is 14.4 Å². The van der Waals surface area contributed by atoms with Crippen molar-refractivity contribution in [2.24, 2.45) is 0 Å². The molecule has 32 heavy (non-hydrogen) atoms. The van der Waals surface area contributed by atoms with Gasteiger partial charge in [0.1, 0.15) is 6.54 Å². The average Bonchev–Trinajstić information content (AvgIpc) is 3.27. The molecule has 0 aliphatic carbocycles. The van der Waals surface area contributed by atoms with E-state index in [2.05, 4.69) is 22.5 Å². The second-order valence-electron chi connectivity index (χ2n) is 8.12. The molecule has 3 aliphatic rings. The lowest BCUT2D eigenvalue weighted by Crippen LogP contribution is -2.68.